The van der Waals surface area contributed by atoms with E-state index in [-0.39, 0.29) is 6.61 Å². The molecule has 0 bridgehead atoms. The van der Waals surface area contributed by atoms with Crippen LogP contribution in [0, 0.1) is 0 Å². The molecule has 0 fully saturated rings. The van der Waals surface area contributed by atoms with Gasteiger partial charge in [-0.05, 0) is 24.3 Å². The van der Waals surface area contributed by atoms with Gasteiger partial charge in [0.2, 0.25) is 11.6 Å². The summed E-state index contributed by atoms with van der Waals surface area (Å²) in [4.78, 5) is 25.2. The Hall–Kier alpha value is -3.88. The molecule has 1 aromatic carbocycles. The van der Waals surface area contributed by atoms with Crippen molar-refractivity contribution < 1.29 is 23.7 Å². The van der Waals surface area contributed by atoms with Crippen molar-refractivity contribution in [3.8, 4) is 17.2 Å². The van der Waals surface area contributed by atoms with Gasteiger partial charge in [0, 0.05) is 23.5 Å². The maximum atomic E-state index is 12.7. The van der Waals surface area contributed by atoms with Gasteiger partial charge in [0.1, 0.15) is 12.4 Å². The number of ether oxygens (including phenoxy) is 4. The van der Waals surface area contributed by atoms with Gasteiger partial charge in [-0.2, -0.15) is 4.99 Å². The summed E-state index contributed by atoms with van der Waals surface area (Å²) >= 11 is 0. The number of aliphatic imine (C=N–C) groups is 2. The molecule has 2 aromatic rings. The van der Waals surface area contributed by atoms with Crippen LogP contribution in [0.1, 0.15) is 15.9 Å². The van der Waals surface area contributed by atoms with Crippen LogP contribution >= 0.6 is 0 Å². The van der Waals surface area contributed by atoms with Crippen LogP contribution in [-0.4, -0.2) is 50.6 Å². The first-order chi connectivity index (χ1) is 14.1. The highest BCUT2D eigenvalue weighted by molar-refractivity contribution is 6.09. The van der Waals surface area contributed by atoms with Gasteiger partial charge in [-0.3, -0.25) is 4.79 Å². The van der Waals surface area contributed by atoms with E-state index in [2.05, 4.69) is 26.9 Å². The lowest BCUT2D eigenvalue weighted by Crippen LogP contribution is -2.14. The molecule has 0 atom stereocenters. The average molecular weight is 396 g/mol. The molecule has 2 heterocycles. The third kappa shape index (κ3) is 4.34. The summed E-state index contributed by atoms with van der Waals surface area (Å²) in [6.07, 6.45) is 2.95. The predicted molar refractivity (Wildman–Crippen MR) is 108 cm³/mol. The Balaban J connectivity index is 1.84. The van der Waals surface area contributed by atoms with Crippen LogP contribution in [0.3, 0.4) is 0 Å². The number of amidine groups is 1. The molecule has 1 N–H and O–H groups in total. The number of carbonyl (C=O) groups excluding carboxylic acids is 1. The van der Waals surface area contributed by atoms with Gasteiger partial charge in [-0.25, -0.2) is 9.98 Å². The van der Waals surface area contributed by atoms with Crippen LogP contribution in [0.25, 0.3) is 0 Å². The van der Waals surface area contributed by atoms with E-state index in [1.54, 1.807) is 30.5 Å². The van der Waals surface area contributed by atoms with Crippen LogP contribution in [0.15, 0.2) is 53.2 Å². The summed E-state index contributed by atoms with van der Waals surface area (Å²) in [5.41, 5.74) is 0.982. The van der Waals surface area contributed by atoms with Crippen molar-refractivity contribution in [2.75, 3.05) is 33.3 Å². The van der Waals surface area contributed by atoms with Gasteiger partial charge in [0.15, 0.2) is 17.3 Å². The first-order valence-electron chi connectivity index (χ1n) is 8.56. The lowest BCUT2D eigenvalue weighted by atomic mass is 10.1. The molecular weight excluding hydrogens is 376 g/mol. The van der Waals surface area contributed by atoms with Crippen molar-refractivity contribution in [2.45, 2.75) is 0 Å². The number of nitrogens with one attached hydrogen (secondary N) is 1. The fraction of sp³-hybridized carbons (Fsp3) is 0.200. The van der Waals surface area contributed by atoms with Crippen LogP contribution in [0.5, 0.6) is 17.2 Å². The molecular formula is C20H20N4O5. The molecule has 3 rings (SSSR count). The molecule has 150 valence electrons. The van der Waals surface area contributed by atoms with Crippen molar-refractivity contribution in [2.24, 2.45) is 9.98 Å². The van der Waals surface area contributed by atoms with E-state index in [1.165, 1.54) is 27.5 Å². The fourth-order valence-electron chi connectivity index (χ4n) is 2.67. The van der Waals surface area contributed by atoms with Crippen molar-refractivity contribution in [1.29, 1.82) is 0 Å². The minimum Gasteiger partial charge on any atom is -0.493 e. The summed E-state index contributed by atoms with van der Waals surface area (Å²) < 4.78 is 21.4. The van der Waals surface area contributed by atoms with Crippen LogP contribution < -0.4 is 19.5 Å². The summed E-state index contributed by atoms with van der Waals surface area (Å²) in [5, 5.41) is 2.74. The van der Waals surface area contributed by atoms with E-state index < -0.39 is 5.91 Å². The van der Waals surface area contributed by atoms with E-state index in [9.17, 15) is 4.79 Å². The minimum absolute atomic E-state index is 0.261. The highest BCUT2D eigenvalue weighted by Crippen LogP contribution is 2.38. The predicted octanol–water partition coefficient (Wildman–Crippen LogP) is 2.68. The number of nitrogens with zero attached hydrogens (tertiary/aromatic N) is 3. The second-order valence-corrected chi connectivity index (χ2v) is 5.73. The van der Waals surface area contributed by atoms with Crippen molar-refractivity contribution in [1.82, 2.24) is 4.98 Å². The van der Waals surface area contributed by atoms with Crippen LogP contribution in [-0.2, 0) is 4.74 Å². The summed E-state index contributed by atoms with van der Waals surface area (Å²) in [5.74, 6) is 2.02. The smallest absolute Gasteiger partial charge is 0.257 e. The zero-order valence-electron chi connectivity index (χ0n) is 16.3. The number of rotatable bonds is 7. The van der Waals surface area contributed by atoms with Crippen LogP contribution in [0.4, 0.5) is 5.82 Å². The largest absolute Gasteiger partial charge is 0.493 e. The van der Waals surface area contributed by atoms with E-state index >= 15 is 0 Å². The number of hydrogen-bond donors (Lipinski definition) is 1. The lowest BCUT2D eigenvalue weighted by Gasteiger charge is -2.14. The Morgan fingerprint density at radius 2 is 1.93 bits per heavy atom. The number of benzene rings is 1. The summed E-state index contributed by atoms with van der Waals surface area (Å²) in [6, 6.07) is 6.50. The number of amides is 1. The quantitative estimate of drug-likeness (QED) is 0.772. The number of methoxy groups -OCH3 is 3. The molecule has 0 spiro atoms. The van der Waals surface area contributed by atoms with Crippen molar-refractivity contribution in [3.05, 3.63) is 54.4 Å². The lowest BCUT2D eigenvalue weighted by molar-refractivity contribution is 0.102. The van der Waals surface area contributed by atoms with E-state index in [1.807, 2.05) is 0 Å². The maximum absolute atomic E-state index is 12.7. The first-order valence-corrected chi connectivity index (χ1v) is 8.56. The first kappa shape index (κ1) is 19.9. The number of hydrogen-bond acceptors (Lipinski definition) is 7. The molecule has 0 aliphatic carbocycles. The van der Waals surface area contributed by atoms with Crippen LogP contribution in [0.2, 0.25) is 0 Å². The highest BCUT2D eigenvalue weighted by atomic mass is 16.5. The Labute approximate surface area is 167 Å². The molecule has 0 radical (unpaired) electrons. The molecule has 1 aliphatic heterocycles. The Morgan fingerprint density at radius 3 is 2.55 bits per heavy atom. The topological polar surface area (TPSA) is 104 Å². The molecule has 1 aliphatic rings. The molecule has 29 heavy (non-hydrogen) atoms. The average Bonchev–Trinajstić information content (AvgIpc) is 3.21. The molecule has 9 heteroatoms. The molecule has 0 saturated heterocycles. The number of aromatic nitrogens is 1. The third-order valence-electron chi connectivity index (χ3n) is 3.98. The second-order valence-electron chi connectivity index (χ2n) is 5.73. The van der Waals surface area contributed by atoms with Gasteiger partial charge < -0.3 is 24.3 Å². The Bertz CT molecular complexity index is 975. The zero-order chi connectivity index (χ0) is 20.8. The molecule has 9 nitrogen and oxygen atoms in total. The van der Waals surface area contributed by atoms with Gasteiger partial charge in [-0.1, -0.05) is 6.58 Å². The SMILES string of the molecule is C=CN=C1COC(c2ccnc(NC(=O)c3cc(OC)c(OC)c(OC)c3)c2)=N1. The van der Waals surface area contributed by atoms with Crippen molar-refractivity contribution in [3.63, 3.8) is 0 Å². The molecule has 1 aromatic heterocycles. The zero-order valence-corrected chi connectivity index (χ0v) is 16.3. The number of pyridine rings is 1. The molecule has 1 amide bonds. The second kappa shape index (κ2) is 8.87. The Morgan fingerprint density at radius 1 is 1.21 bits per heavy atom. The maximum Gasteiger partial charge on any atom is 0.257 e. The van der Waals surface area contributed by atoms with Gasteiger partial charge >= 0.3 is 0 Å². The van der Waals surface area contributed by atoms with E-state index in [4.69, 9.17) is 18.9 Å². The molecule has 0 unspecified atom stereocenters. The van der Waals surface area contributed by atoms with Gasteiger partial charge in [0.05, 0.1) is 21.3 Å². The number of carbonyl (C=O) groups is 1. The minimum atomic E-state index is -0.392. The summed E-state index contributed by atoms with van der Waals surface area (Å²) in [7, 11) is 4.46. The standard InChI is InChI=1S/C20H20N4O5/c1-5-21-17-11-29-20(24-17)12-6-7-22-16(10-12)23-19(25)13-8-14(26-2)18(28-4)15(9-13)27-3/h5-10H,1,11H2,2-4H3,(H,22,23,25). The van der Waals surface area contributed by atoms with E-state index in [0.29, 0.717) is 45.9 Å². The Kier molecular flexibility index (Phi) is 6.08. The van der Waals surface area contributed by atoms with Gasteiger partial charge in [0.25, 0.3) is 5.91 Å². The fourth-order valence-corrected chi connectivity index (χ4v) is 2.67. The monoisotopic (exact) mass is 396 g/mol. The van der Waals surface area contributed by atoms with Gasteiger partial charge in [-0.15, -0.1) is 0 Å². The van der Waals surface area contributed by atoms with E-state index in [0.717, 1.165) is 0 Å². The highest BCUT2D eigenvalue weighted by Gasteiger charge is 2.19. The third-order valence-corrected chi connectivity index (χ3v) is 3.98. The molecule has 0 saturated carbocycles. The van der Waals surface area contributed by atoms with Crippen molar-refractivity contribution >= 4 is 23.5 Å². The summed E-state index contributed by atoms with van der Waals surface area (Å²) in [6.45, 7) is 3.80. The number of anilines is 1. The normalized spacial score (nSPS) is 14.0.